The number of likely N-dealkylation sites (N-methyl/N-ethyl adjacent to an activating group) is 2. The highest BCUT2D eigenvalue weighted by Gasteiger charge is 2.22. The van der Waals surface area contributed by atoms with Crippen LogP contribution in [-0.4, -0.2) is 48.9 Å². The smallest absolute Gasteiger partial charge is 0.255 e. The molecule has 0 fully saturated rings. The minimum Gasteiger partial charge on any atom is -0.335 e. The van der Waals surface area contributed by atoms with Crippen LogP contribution < -0.4 is 0 Å². The average molecular weight is 327 g/mol. The molecule has 0 bridgehead atoms. The lowest BCUT2D eigenvalue weighted by atomic mass is 10.1. The number of amides is 1. The van der Waals surface area contributed by atoms with E-state index < -0.39 is 0 Å². The fourth-order valence-corrected chi connectivity index (χ4v) is 2.89. The summed E-state index contributed by atoms with van der Waals surface area (Å²) >= 11 is 3.49. The number of hydrogen-bond acceptors (Lipinski definition) is 2. The topological polar surface area (TPSA) is 23.6 Å². The van der Waals surface area contributed by atoms with Crippen LogP contribution in [0, 0.1) is 6.92 Å². The number of aryl methyl sites for hydroxylation is 1. The molecule has 4 heteroatoms. The lowest BCUT2D eigenvalue weighted by Crippen LogP contribution is -2.43. The molecule has 1 unspecified atom stereocenters. The van der Waals surface area contributed by atoms with Gasteiger partial charge in [0.1, 0.15) is 0 Å². The lowest BCUT2D eigenvalue weighted by Gasteiger charge is -2.30. The number of carbonyl (C=O) groups is 1. The Hall–Kier alpha value is -0.870. The van der Waals surface area contributed by atoms with Crippen molar-refractivity contribution in [1.29, 1.82) is 0 Å². The number of nitrogens with zero attached hydrogens (tertiary/aromatic N) is 2. The first-order valence-corrected chi connectivity index (χ1v) is 7.38. The standard InChI is InChI=1S/C15H23BrN2O/c1-6-18(12(3)10-17(4)5)15(19)13-8-7-11(2)9-14(13)16/h7-9,12H,6,10H2,1-5H3. The Morgan fingerprint density at radius 3 is 2.47 bits per heavy atom. The minimum absolute atomic E-state index is 0.0868. The summed E-state index contributed by atoms with van der Waals surface area (Å²) in [5.74, 6) is 0.0868. The second kappa shape index (κ2) is 7.06. The first kappa shape index (κ1) is 16.2. The third-order valence-corrected chi connectivity index (χ3v) is 3.77. The van der Waals surface area contributed by atoms with E-state index in [1.165, 1.54) is 0 Å². The van der Waals surface area contributed by atoms with Gasteiger partial charge in [-0.15, -0.1) is 0 Å². The molecule has 1 atom stereocenters. The molecule has 0 saturated heterocycles. The van der Waals surface area contributed by atoms with Crippen LogP contribution in [0.4, 0.5) is 0 Å². The molecule has 106 valence electrons. The largest absolute Gasteiger partial charge is 0.335 e. The van der Waals surface area contributed by atoms with Gasteiger partial charge in [0.25, 0.3) is 5.91 Å². The molecule has 0 heterocycles. The van der Waals surface area contributed by atoms with E-state index in [4.69, 9.17) is 0 Å². The summed E-state index contributed by atoms with van der Waals surface area (Å²) in [4.78, 5) is 16.6. The Kier molecular flexibility index (Phi) is 6.01. The quantitative estimate of drug-likeness (QED) is 0.829. The molecule has 0 aliphatic rings. The van der Waals surface area contributed by atoms with E-state index in [0.717, 1.165) is 22.1 Å². The van der Waals surface area contributed by atoms with E-state index in [-0.39, 0.29) is 11.9 Å². The van der Waals surface area contributed by atoms with Crippen molar-refractivity contribution >= 4 is 21.8 Å². The lowest BCUT2D eigenvalue weighted by molar-refractivity contribution is 0.0678. The first-order chi connectivity index (χ1) is 8.86. The fourth-order valence-electron chi connectivity index (χ4n) is 2.23. The molecule has 0 aromatic heterocycles. The third-order valence-electron chi connectivity index (χ3n) is 3.12. The van der Waals surface area contributed by atoms with Gasteiger partial charge in [-0.1, -0.05) is 6.07 Å². The highest BCUT2D eigenvalue weighted by molar-refractivity contribution is 9.10. The van der Waals surface area contributed by atoms with Crippen LogP contribution in [0.3, 0.4) is 0 Å². The van der Waals surface area contributed by atoms with Crippen molar-refractivity contribution in [3.05, 3.63) is 33.8 Å². The maximum Gasteiger partial charge on any atom is 0.255 e. The molecule has 0 radical (unpaired) electrons. The Morgan fingerprint density at radius 2 is 2.00 bits per heavy atom. The summed E-state index contributed by atoms with van der Waals surface area (Å²) < 4.78 is 0.869. The van der Waals surface area contributed by atoms with Crippen LogP contribution in [0.15, 0.2) is 22.7 Å². The van der Waals surface area contributed by atoms with Crippen molar-refractivity contribution in [2.45, 2.75) is 26.8 Å². The van der Waals surface area contributed by atoms with Crippen LogP contribution >= 0.6 is 15.9 Å². The second-order valence-electron chi connectivity index (χ2n) is 5.19. The molecule has 1 aromatic rings. The zero-order valence-electron chi connectivity index (χ0n) is 12.4. The number of hydrogen-bond donors (Lipinski definition) is 0. The molecular weight excluding hydrogens is 304 g/mol. The third kappa shape index (κ3) is 4.32. The number of carbonyl (C=O) groups excluding carboxylic acids is 1. The van der Waals surface area contributed by atoms with E-state index >= 15 is 0 Å². The van der Waals surface area contributed by atoms with Gasteiger partial charge in [-0.25, -0.2) is 0 Å². The summed E-state index contributed by atoms with van der Waals surface area (Å²) in [6.07, 6.45) is 0. The summed E-state index contributed by atoms with van der Waals surface area (Å²) in [6.45, 7) is 7.71. The van der Waals surface area contributed by atoms with Crippen molar-refractivity contribution in [2.75, 3.05) is 27.2 Å². The van der Waals surface area contributed by atoms with Crippen molar-refractivity contribution < 1.29 is 4.79 Å². The number of rotatable bonds is 5. The van der Waals surface area contributed by atoms with E-state index in [1.54, 1.807) is 0 Å². The molecule has 0 spiro atoms. The molecule has 1 amide bonds. The van der Waals surface area contributed by atoms with Gasteiger partial charge in [0.2, 0.25) is 0 Å². The molecule has 0 N–H and O–H groups in total. The Labute approximate surface area is 124 Å². The normalized spacial score (nSPS) is 12.6. The summed E-state index contributed by atoms with van der Waals surface area (Å²) in [5, 5.41) is 0. The second-order valence-corrected chi connectivity index (χ2v) is 6.04. The van der Waals surface area contributed by atoms with Crippen molar-refractivity contribution in [1.82, 2.24) is 9.80 Å². The number of benzene rings is 1. The molecule has 0 aliphatic heterocycles. The molecule has 1 aromatic carbocycles. The first-order valence-electron chi connectivity index (χ1n) is 6.58. The molecule has 19 heavy (non-hydrogen) atoms. The van der Waals surface area contributed by atoms with E-state index in [0.29, 0.717) is 6.54 Å². The van der Waals surface area contributed by atoms with E-state index in [1.807, 2.05) is 51.0 Å². The molecular formula is C15H23BrN2O. The van der Waals surface area contributed by atoms with Crippen molar-refractivity contribution in [2.24, 2.45) is 0 Å². The predicted octanol–water partition coefficient (Wildman–Crippen LogP) is 3.17. The Balaban J connectivity index is 2.95. The van der Waals surface area contributed by atoms with Gasteiger partial charge in [-0.2, -0.15) is 0 Å². The molecule has 0 saturated carbocycles. The molecule has 0 aliphatic carbocycles. The maximum atomic E-state index is 12.6. The Morgan fingerprint density at radius 1 is 1.37 bits per heavy atom. The highest BCUT2D eigenvalue weighted by atomic mass is 79.9. The van der Waals surface area contributed by atoms with Gasteiger partial charge in [0, 0.05) is 23.6 Å². The van der Waals surface area contributed by atoms with Crippen molar-refractivity contribution in [3.8, 4) is 0 Å². The van der Waals surface area contributed by atoms with E-state index in [9.17, 15) is 4.79 Å². The maximum absolute atomic E-state index is 12.6. The highest BCUT2D eigenvalue weighted by Crippen LogP contribution is 2.21. The zero-order valence-corrected chi connectivity index (χ0v) is 14.0. The molecule has 3 nitrogen and oxygen atoms in total. The van der Waals surface area contributed by atoms with Gasteiger partial charge >= 0.3 is 0 Å². The van der Waals surface area contributed by atoms with Crippen molar-refractivity contribution in [3.63, 3.8) is 0 Å². The SMILES string of the molecule is CCN(C(=O)c1ccc(C)cc1Br)C(C)CN(C)C. The monoisotopic (exact) mass is 326 g/mol. The number of halogens is 1. The summed E-state index contributed by atoms with van der Waals surface area (Å²) in [6, 6.07) is 6.05. The van der Waals surface area contributed by atoms with Crippen LogP contribution in [0.5, 0.6) is 0 Å². The van der Waals surface area contributed by atoms with Gasteiger partial charge in [0.15, 0.2) is 0 Å². The fraction of sp³-hybridized carbons (Fsp3) is 0.533. The van der Waals surface area contributed by atoms with Gasteiger partial charge < -0.3 is 9.80 Å². The zero-order chi connectivity index (χ0) is 14.6. The van der Waals surface area contributed by atoms with Crippen LogP contribution in [-0.2, 0) is 0 Å². The van der Waals surface area contributed by atoms with Crippen LogP contribution in [0.25, 0.3) is 0 Å². The van der Waals surface area contributed by atoms with Gasteiger partial charge in [-0.05, 0) is 68.5 Å². The Bertz CT molecular complexity index is 446. The minimum atomic E-state index is 0.0868. The van der Waals surface area contributed by atoms with Gasteiger partial charge in [-0.3, -0.25) is 4.79 Å². The van der Waals surface area contributed by atoms with E-state index in [2.05, 4.69) is 27.8 Å². The summed E-state index contributed by atoms with van der Waals surface area (Å²) in [7, 11) is 4.05. The predicted molar refractivity (Wildman–Crippen MR) is 83.6 cm³/mol. The van der Waals surface area contributed by atoms with Crippen LogP contribution in [0.1, 0.15) is 29.8 Å². The average Bonchev–Trinajstić information content (AvgIpc) is 2.28. The van der Waals surface area contributed by atoms with Gasteiger partial charge in [0.05, 0.1) is 5.56 Å². The molecule has 1 rings (SSSR count). The summed E-state index contributed by atoms with van der Waals surface area (Å²) in [5.41, 5.74) is 1.88. The van der Waals surface area contributed by atoms with Crippen LogP contribution in [0.2, 0.25) is 0 Å².